The highest BCUT2D eigenvalue weighted by molar-refractivity contribution is 6.12. The van der Waals surface area contributed by atoms with Gasteiger partial charge < -0.3 is 4.57 Å². The summed E-state index contributed by atoms with van der Waals surface area (Å²) < 4.78 is 2.42. The van der Waals surface area contributed by atoms with Crippen molar-refractivity contribution in [2.24, 2.45) is 0 Å². The Morgan fingerprint density at radius 1 is 0.395 bits per heavy atom. The average Bonchev–Trinajstić information content (AvgIpc) is 3.49. The minimum Gasteiger partial charge on any atom is -0.309 e. The third-order valence-electron chi connectivity index (χ3n) is 8.28. The molecule has 0 atom stereocenters. The molecule has 0 N–H and O–H groups in total. The minimum absolute atomic E-state index is 0.431. The summed E-state index contributed by atoms with van der Waals surface area (Å²) in [6.07, 6.45) is 0. The number of hydrogen-bond acceptors (Lipinski definition) is 0. The van der Waals surface area contributed by atoms with E-state index in [1.807, 2.05) is 0 Å². The molecule has 0 saturated carbocycles. The summed E-state index contributed by atoms with van der Waals surface area (Å²) in [4.78, 5) is 0. The second-order valence-corrected chi connectivity index (χ2v) is 10.1. The van der Waals surface area contributed by atoms with Crippen LogP contribution in [0.15, 0.2) is 152 Å². The fraction of sp³-hybridized carbons (Fsp3) is 0.0270. The number of fused-ring (bicyclic) bond motifs is 6. The Balaban J connectivity index is 1.60. The van der Waals surface area contributed by atoms with Gasteiger partial charge in [0.1, 0.15) is 0 Å². The molecule has 1 heterocycles. The van der Waals surface area contributed by atoms with Gasteiger partial charge in [0.15, 0.2) is 0 Å². The van der Waals surface area contributed by atoms with Crippen molar-refractivity contribution < 1.29 is 0 Å². The van der Waals surface area contributed by atoms with E-state index in [-0.39, 0.29) is 0 Å². The van der Waals surface area contributed by atoms with E-state index in [0.717, 1.165) is 0 Å². The quantitative estimate of drug-likeness (QED) is 0.236. The molecular weight excluding hydrogens is 458 g/mol. The molecule has 1 aliphatic carbocycles. The zero-order valence-corrected chi connectivity index (χ0v) is 20.9. The van der Waals surface area contributed by atoms with Gasteiger partial charge in [0.2, 0.25) is 0 Å². The third-order valence-corrected chi connectivity index (χ3v) is 8.28. The molecule has 7 aromatic rings. The molecule has 1 aliphatic rings. The first-order valence-corrected chi connectivity index (χ1v) is 13.2. The van der Waals surface area contributed by atoms with Crippen molar-refractivity contribution in [1.29, 1.82) is 0 Å². The van der Waals surface area contributed by atoms with Gasteiger partial charge in [-0.1, -0.05) is 127 Å². The second kappa shape index (κ2) is 8.06. The highest BCUT2D eigenvalue weighted by Gasteiger charge is 2.47. The maximum atomic E-state index is 2.42. The molecule has 38 heavy (non-hydrogen) atoms. The highest BCUT2D eigenvalue weighted by Crippen LogP contribution is 2.57. The number of hydrogen-bond donors (Lipinski definition) is 0. The van der Waals surface area contributed by atoms with Crippen molar-refractivity contribution in [2.75, 3.05) is 0 Å². The summed E-state index contributed by atoms with van der Waals surface area (Å²) in [6, 6.07) is 55.4. The molecule has 1 nitrogen and oxygen atoms in total. The van der Waals surface area contributed by atoms with Crippen LogP contribution in [0.3, 0.4) is 0 Å². The van der Waals surface area contributed by atoms with Crippen LogP contribution in [0.1, 0.15) is 22.3 Å². The number of para-hydroxylation sites is 2. The van der Waals surface area contributed by atoms with E-state index in [0.29, 0.717) is 0 Å². The summed E-state index contributed by atoms with van der Waals surface area (Å²) in [5, 5.41) is 2.58. The van der Waals surface area contributed by atoms with Crippen molar-refractivity contribution in [1.82, 2.24) is 4.57 Å². The van der Waals surface area contributed by atoms with Crippen LogP contribution in [0.25, 0.3) is 38.6 Å². The Kier molecular flexibility index (Phi) is 4.50. The zero-order chi connectivity index (χ0) is 25.1. The van der Waals surface area contributed by atoms with Crippen LogP contribution in [0.2, 0.25) is 0 Å². The summed E-state index contributed by atoms with van der Waals surface area (Å²) in [6.45, 7) is 0. The Labute approximate surface area is 222 Å². The molecule has 0 amide bonds. The standard InChI is InChI=1S/C37H25N/c1-3-14-26(15-4-1)37(31-21-10-7-18-28(31)29-19-8-11-22-32(29)37)33-23-13-25-35-36(33)30-20-9-12-24-34(30)38(35)27-16-5-2-6-17-27/h1-25H. The number of nitrogens with zero attached hydrogens (tertiary/aromatic N) is 1. The topological polar surface area (TPSA) is 4.93 Å². The van der Waals surface area contributed by atoms with E-state index in [2.05, 4.69) is 156 Å². The molecule has 8 rings (SSSR count). The first-order chi connectivity index (χ1) is 18.9. The van der Waals surface area contributed by atoms with E-state index < -0.39 is 5.41 Å². The van der Waals surface area contributed by atoms with Crippen molar-refractivity contribution in [3.05, 3.63) is 174 Å². The van der Waals surface area contributed by atoms with Gasteiger partial charge in [0, 0.05) is 16.5 Å². The summed E-state index contributed by atoms with van der Waals surface area (Å²) in [5.41, 5.74) is 11.1. The first-order valence-electron chi connectivity index (χ1n) is 13.2. The molecule has 0 saturated heterocycles. The lowest BCUT2D eigenvalue weighted by Gasteiger charge is -2.34. The second-order valence-electron chi connectivity index (χ2n) is 10.1. The Morgan fingerprint density at radius 3 is 1.63 bits per heavy atom. The molecule has 0 aliphatic heterocycles. The predicted octanol–water partition coefficient (Wildman–Crippen LogP) is 9.15. The van der Waals surface area contributed by atoms with Crippen molar-refractivity contribution >= 4 is 21.8 Å². The maximum absolute atomic E-state index is 2.42. The van der Waals surface area contributed by atoms with Gasteiger partial charge in [-0.15, -0.1) is 0 Å². The molecule has 0 spiro atoms. The van der Waals surface area contributed by atoms with Crippen LogP contribution in [0.4, 0.5) is 0 Å². The fourth-order valence-corrected chi connectivity index (χ4v) is 6.87. The largest absolute Gasteiger partial charge is 0.309 e. The van der Waals surface area contributed by atoms with Crippen LogP contribution in [0.5, 0.6) is 0 Å². The molecule has 0 unspecified atom stereocenters. The van der Waals surface area contributed by atoms with Crippen molar-refractivity contribution in [3.8, 4) is 16.8 Å². The van der Waals surface area contributed by atoms with Gasteiger partial charge in [-0.2, -0.15) is 0 Å². The van der Waals surface area contributed by atoms with E-state index in [1.165, 1.54) is 60.9 Å². The lowest BCUT2D eigenvalue weighted by molar-refractivity contribution is 0.777. The Bertz CT molecular complexity index is 1920. The first kappa shape index (κ1) is 21.2. The molecule has 1 aromatic heterocycles. The number of aromatic nitrogens is 1. The van der Waals surface area contributed by atoms with E-state index in [9.17, 15) is 0 Å². The van der Waals surface area contributed by atoms with Crippen LogP contribution >= 0.6 is 0 Å². The van der Waals surface area contributed by atoms with Crippen LogP contribution in [-0.2, 0) is 5.41 Å². The Hall–Kier alpha value is -4.88. The predicted molar refractivity (Wildman–Crippen MR) is 158 cm³/mol. The summed E-state index contributed by atoms with van der Waals surface area (Å²) in [7, 11) is 0. The van der Waals surface area contributed by atoms with Gasteiger partial charge in [-0.3, -0.25) is 0 Å². The van der Waals surface area contributed by atoms with Crippen molar-refractivity contribution in [3.63, 3.8) is 0 Å². The van der Waals surface area contributed by atoms with Gasteiger partial charge in [-0.25, -0.2) is 0 Å². The molecule has 1 heteroatoms. The average molecular weight is 484 g/mol. The normalized spacial score (nSPS) is 13.5. The van der Waals surface area contributed by atoms with Crippen LogP contribution < -0.4 is 0 Å². The van der Waals surface area contributed by atoms with Gasteiger partial charge in [0.25, 0.3) is 0 Å². The minimum atomic E-state index is -0.431. The summed E-state index contributed by atoms with van der Waals surface area (Å²) in [5.74, 6) is 0. The Morgan fingerprint density at radius 2 is 0.921 bits per heavy atom. The molecular formula is C37H25N. The van der Waals surface area contributed by atoms with E-state index >= 15 is 0 Å². The molecule has 0 fully saturated rings. The monoisotopic (exact) mass is 483 g/mol. The van der Waals surface area contributed by atoms with E-state index in [4.69, 9.17) is 0 Å². The van der Waals surface area contributed by atoms with Gasteiger partial charge in [0.05, 0.1) is 16.4 Å². The molecule has 6 aromatic carbocycles. The summed E-state index contributed by atoms with van der Waals surface area (Å²) >= 11 is 0. The maximum Gasteiger partial charge on any atom is 0.0720 e. The van der Waals surface area contributed by atoms with Gasteiger partial charge >= 0.3 is 0 Å². The molecule has 178 valence electrons. The SMILES string of the molecule is c1ccc(-n2c3ccccc3c3c(C4(c5ccccc5)c5ccccc5-c5ccccc54)cccc32)cc1. The molecule has 0 radical (unpaired) electrons. The lowest BCUT2D eigenvalue weighted by Crippen LogP contribution is -2.28. The highest BCUT2D eigenvalue weighted by atomic mass is 15.0. The molecule has 0 bridgehead atoms. The van der Waals surface area contributed by atoms with E-state index in [1.54, 1.807) is 0 Å². The lowest BCUT2D eigenvalue weighted by atomic mass is 9.66. The third kappa shape index (κ3) is 2.71. The zero-order valence-electron chi connectivity index (χ0n) is 20.9. The smallest absolute Gasteiger partial charge is 0.0720 e. The fourth-order valence-electron chi connectivity index (χ4n) is 6.87. The number of rotatable bonds is 3. The van der Waals surface area contributed by atoms with Gasteiger partial charge in [-0.05, 0) is 57.6 Å². The van der Waals surface area contributed by atoms with Crippen LogP contribution in [-0.4, -0.2) is 4.57 Å². The van der Waals surface area contributed by atoms with Crippen LogP contribution in [0, 0.1) is 0 Å². The van der Waals surface area contributed by atoms with Crippen molar-refractivity contribution in [2.45, 2.75) is 5.41 Å². The number of benzene rings is 6.